The van der Waals surface area contributed by atoms with Gasteiger partial charge in [0, 0.05) is 33.6 Å². The maximum absolute atomic E-state index is 12.8. The van der Waals surface area contributed by atoms with Gasteiger partial charge in [-0.05, 0) is 66.9 Å². The van der Waals surface area contributed by atoms with Crippen molar-refractivity contribution in [2.45, 2.75) is 66.0 Å². The van der Waals surface area contributed by atoms with Gasteiger partial charge in [0.2, 0.25) is 5.89 Å². The molecule has 1 amide bonds. The summed E-state index contributed by atoms with van der Waals surface area (Å²) in [4.78, 5) is 33.9. The van der Waals surface area contributed by atoms with Crippen molar-refractivity contribution >= 4 is 39.0 Å². The number of benzene rings is 1. The third kappa shape index (κ3) is 5.87. The van der Waals surface area contributed by atoms with Crippen molar-refractivity contribution in [3.05, 3.63) is 57.8 Å². The topological polar surface area (TPSA) is 125 Å². The average Bonchev–Trinajstić information content (AvgIpc) is 3.42. The van der Waals surface area contributed by atoms with Gasteiger partial charge in [-0.3, -0.25) is 4.79 Å². The van der Waals surface area contributed by atoms with Crippen molar-refractivity contribution < 1.29 is 18.8 Å². The molecule has 0 aliphatic heterocycles. The van der Waals surface area contributed by atoms with Crippen LogP contribution in [0.2, 0.25) is 0 Å². The van der Waals surface area contributed by atoms with Gasteiger partial charge in [0.15, 0.2) is 5.65 Å². The van der Waals surface area contributed by atoms with Gasteiger partial charge in [0.25, 0.3) is 11.7 Å². The lowest BCUT2D eigenvalue weighted by atomic mass is 9.97. The van der Waals surface area contributed by atoms with Gasteiger partial charge in [-0.25, -0.2) is 9.78 Å². The first-order valence-corrected chi connectivity index (χ1v) is 12.5. The Morgan fingerprint density at radius 3 is 2.49 bits per heavy atom. The molecule has 4 rings (SSSR count). The number of halogens is 1. The minimum absolute atomic E-state index is 0.00331. The van der Waals surface area contributed by atoms with Crippen LogP contribution in [0, 0.1) is 6.92 Å². The molecular weight excluding hydrogens is 540 g/mol. The molecule has 37 heavy (non-hydrogen) atoms. The maximum Gasteiger partial charge on any atom is 0.437 e. The largest absolute Gasteiger partial charge is 0.442 e. The zero-order chi connectivity index (χ0) is 27.1. The zero-order valence-electron chi connectivity index (χ0n) is 21.8. The zero-order valence-corrected chi connectivity index (χ0v) is 23.4. The van der Waals surface area contributed by atoms with E-state index in [1.54, 1.807) is 27.0 Å². The predicted molar refractivity (Wildman–Crippen MR) is 141 cm³/mol. The molecule has 0 aliphatic carbocycles. The number of nitrogens with zero attached hydrogens (tertiary/aromatic N) is 5. The van der Waals surface area contributed by atoms with Gasteiger partial charge >= 0.3 is 6.09 Å². The highest BCUT2D eigenvalue weighted by Gasteiger charge is 2.25. The third-order valence-corrected chi connectivity index (χ3v) is 5.82. The van der Waals surface area contributed by atoms with Crippen molar-refractivity contribution in [1.82, 2.24) is 30.2 Å². The number of hydrogen-bond donors (Lipinski definition) is 1. The number of hydrogen-bond acceptors (Lipinski definition) is 8. The second kappa shape index (κ2) is 9.70. The summed E-state index contributed by atoms with van der Waals surface area (Å²) < 4.78 is 12.7. The minimum atomic E-state index is -0.677. The molecular formula is C26H29BrN6O4. The highest BCUT2D eigenvalue weighted by molar-refractivity contribution is 9.10. The van der Waals surface area contributed by atoms with Crippen LogP contribution in [0.5, 0.6) is 0 Å². The molecule has 0 radical (unpaired) electrons. The fraction of sp³-hybridized carbons (Fsp3) is 0.385. The van der Waals surface area contributed by atoms with Crippen LogP contribution in [0.15, 0.2) is 39.5 Å². The van der Waals surface area contributed by atoms with Crippen LogP contribution in [-0.4, -0.2) is 42.5 Å². The van der Waals surface area contributed by atoms with Crippen LogP contribution in [0.3, 0.4) is 0 Å². The Hall–Kier alpha value is -3.60. The number of nitrogens with one attached hydrogen (secondary N) is 1. The fourth-order valence-electron chi connectivity index (χ4n) is 3.54. The second-order valence-electron chi connectivity index (χ2n) is 10.8. The number of rotatable bonds is 4. The molecule has 1 N–H and O–H groups in total. The van der Waals surface area contributed by atoms with E-state index in [0.29, 0.717) is 22.6 Å². The fourth-order valence-corrected chi connectivity index (χ4v) is 3.87. The highest BCUT2D eigenvalue weighted by Crippen LogP contribution is 2.31. The standard InChI is InChI=1S/C26H29BrN6O4/c1-14-10-15(8-9-16(14)12-29-22(34)20-30-23(37-32-20)25(2,3)4)19-18-11-17(27)13-28-21(18)33(31-19)24(35)36-26(5,6)7/h8-11,13H,12H2,1-7H3,(H,29,34). The molecule has 10 nitrogen and oxygen atoms in total. The smallest absolute Gasteiger partial charge is 0.437 e. The van der Waals surface area contributed by atoms with Gasteiger partial charge in [-0.2, -0.15) is 10.1 Å². The Kier molecular flexibility index (Phi) is 6.93. The summed E-state index contributed by atoms with van der Waals surface area (Å²) in [5.41, 5.74) is 2.61. The van der Waals surface area contributed by atoms with Crippen LogP contribution >= 0.6 is 15.9 Å². The van der Waals surface area contributed by atoms with Crippen LogP contribution in [-0.2, 0) is 16.7 Å². The Morgan fingerprint density at radius 2 is 1.86 bits per heavy atom. The molecule has 0 spiro atoms. The van der Waals surface area contributed by atoms with Crippen molar-refractivity contribution in [1.29, 1.82) is 0 Å². The average molecular weight is 569 g/mol. The van der Waals surface area contributed by atoms with Gasteiger partial charge < -0.3 is 14.6 Å². The second-order valence-corrected chi connectivity index (χ2v) is 11.7. The van der Waals surface area contributed by atoms with E-state index in [-0.39, 0.29) is 17.8 Å². The van der Waals surface area contributed by atoms with Crippen LogP contribution in [0.25, 0.3) is 22.3 Å². The number of aromatic nitrogens is 5. The Balaban J connectivity index is 1.59. The van der Waals surface area contributed by atoms with Crippen molar-refractivity contribution in [2.24, 2.45) is 0 Å². The molecule has 3 heterocycles. The van der Waals surface area contributed by atoms with Gasteiger partial charge in [0.1, 0.15) is 11.3 Å². The molecule has 4 aromatic rings. The van der Waals surface area contributed by atoms with Crippen molar-refractivity contribution in [3.8, 4) is 11.3 Å². The predicted octanol–water partition coefficient (Wildman–Crippen LogP) is 5.56. The Bertz CT molecular complexity index is 1490. The molecule has 3 aromatic heterocycles. The van der Waals surface area contributed by atoms with Crippen LogP contribution in [0.1, 0.15) is 69.2 Å². The van der Waals surface area contributed by atoms with Gasteiger partial charge in [-0.1, -0.05) is 38.1 Å². The lowest BCUT2D eigenvalue weighted by molar-refractivity contribution is 0.0522. The first kappa shape index (κ1) is 26.5. The molecule has 11 heteroatoms. The van der Waals surface area contributed by atoms with Crippen molar-refractivity contribution in [2.75, 3.05) is 0 Å². The normalized spacial score (nSPS) is 12.1. The molecule has 0 fully saturated rings. The molecule has 0 aliphatic rings. The summed E-state index contributed by atoms with van der Waals surface area (Å²) in [6.45, 7) is 13.4. The molecule has 194 valence electrons. The van der Waals surface area contributed by atoms with Crippen molar-refractivity contribution in [3.63, 3.8) is 0 Å². The lowest BCUT2D eigenvalue weighted by Crippen LogP contribution is -2.27. The van der Waals surface area contributed by atoms with Gasteiger partial charge in [-0.15, -0.1) is 4.68 Å². The maximum atomic E-state index is 12.8. The summed E-state index contributed by atoms with van der Waals surface area (Å²) >= 11 is 3.45. The first-order chi connectivity index (χ1) is 17.2. The molecule has 0 saturated carbocycles. The number of fused-ring (bicyclic) bond motifs is 1. The quantitative estimate of drug-likeness (QED) is 0.339. The number of ether oxygens (including phenoxy) is 1. The van der Waals surface area contributed by atoms with E-state index in [1.165, 1.54) is 4.68 Å². The van der Waals surface area contributed by atoms with E-state index in [0.717, 1.165) is 21.2 Å². The first-order valence-electron chi connectivity index (χ1n) is 11.7. The SMILES string of the molecule is Cc1cc(-c2nn(C(=O)OC(C)(C)C)c3ncc(Br)cc23)ccc1CNC(=O)c1noc(C(C)(C)C)n1. The summed E-state index contributed by atoms with van der Waals surface area (Å²) in [6.07, 6.45) is 1.01. The van der Waals surface area contributed by atoms with Crippen LogP contribution in [0.4, 0.5) is 4.79 Å². The van der Waals surface area contributed by atoms with E-state index in [1.807, 2.05) is 52.0 Å². The number of aryl methyl sites for hydroxylation is 1. The summed E-state index contributed by atoms with van der Waals surface area (Å²) in [7, 11) is 0. The van der Waals surface area contributed by atoms with Gasteiger partial charge in [0.05, 0.1) is 0 Å². The van der Waals surface area contributed by atoms with E-state index in [9.17, 15) is 9.59 Å². The number of carbonyl (C=O) groups excluding carboxylic acids is 2. The third-order valence-electron chi connectivity index (χ3n) is 5.38. The number of amides is 1. The summed E-state index contributed by atoms with van der Waals surface area (Å²) in [5.74, 6) is -0.0190. The lowest BCUT2D eigenvalue weighted by Gasteiger charge is -2.18. The molecule has 1 aromatic carbocycles. The Morgan fingerprint density at radius 1 is 1.14 bits per heavy atom. The number of carbonyl (C=O) groups is 2. The highest BCUT2D eigenvalue weighted by atomic mass is 79.9. The molecule has 0 unspecified atom stereocenters. The Labute approximate surface area is 222 Å². The van der Waals surface area contributed by atoms with Crippen LogP contribution < -0.4 is 5.32 Å². The summed E-state index contributed by atoms with van der Waals surface area (Å²) in [6, 6.07) is 7.62. The minimum Gasteiger partial charge on any atom is -0.442 e. The molecule has 0 atom stereocenters. The van der Waals surface area contributed by atoms with E-state index < -0.39 is 17.6 Å². The molecule has 0 bridgehead atoms. The molecule has 0 saturated heterocycles. The van der Waals surface area contributed by atoms with E-state index in [2.05, 4.69) is 41.5 Å². The van der Waals surface area contributed by atoms with E-state index >= 15 is 0 Å². The van der Waals surface area contributed by atoms with E-state index in [4.69, 9.17) is 9.26 Å². The monoisotopic (exact) mass is 568 g/mol. The number of pyridine rings is 1. The summed E-state index contributed by atoms with van der Waals surface area (Å²) in [5, 5.41) is 11.9.